The van der Waals surface area contributed by atoms with E-state index >= 15 is 0 Å². The summed E-state index contributed by atoms with van der Waals surface area (Å²) in [5.41, 5.74) is 3.27. The molecule has 0 spiro atoms. The first-order valence-corrected chi connectivity index (χ1v) is 9.23. The molecule has 6 nitrogen and oxygen atoms in total. The largest absolute Gasteiger partial charge is 0.444 e. The summed E-state index contributed by atoms with van der Waals surface area (Å²) in [6, 6.07) is 8.26. The maximum atomic E-state index is 5.68. The molecule has 0 aliphatic rings. The van der Waals surface area contributed by atoms with Gasteiger partial charge in [0, 0.05) is 13.2 Å². The van der Waals surface area contributed by atoms with Crippen molar-refractivity contribution in [1.29, 1.82) is 0 Å². The van der Waals surface area contributed by atoms with E-state index in [0.29, 0.717) is 25.6 Å². The number of hydrogen-bond donors (Lipinski definition) is 2. The molecule has 26 heavy (non-hydrogen) atoms. The normalized spacial score (nSPS) is 11.6. The van der Waals surface area contributed by atoms with Crippen molar-refractivity contribution in [1.82, 2.24) is 15.6 Å². The molecule has 1 heterocycles. The first-order chi connectivity index (χ1) is 12.6. The van der Waals surface area contributed by atoms with Gasteiger partial charge in [0.1, 0.15) is 5.76 Å². The average molecular weight is 358 g/mol. The van der Waals surface area contributed by atoms with Gasteiger partial charge in [-0.3, -0.25) is 0 Å². The Bertz CT molecular complexity index is 690. The van der Waals surface area contributed by atoms with E-state index in [-0.39, 0.29) is 0 Å². The van der Waals surface area contributed by atoms with Gasteiger partial charge in [0.2, 0.25) is 5.89 Å². The fourth-order valence-corrected chi connectivity index (χ4v) is 2.46. The van der Waals surface area contributed by atoms with Crippen molar-refractivity contribution in [2.45, 2.75) is 53.8 Å². The summed E-state index contributed by atoms with van der Waals surface area (Å²) >= 11 is 0. The maximum Gasteiger partial charge on any atom is 0.214 e. The molecule has 0 aliphatic heterocycles. The first-order valence-electron chi connectivity index (χ1n) is 9.23. The van der Waals surface area contributed by atoms with Crippen LogP contribution in [0.25, 0.3) is 0 Å². The summed E-state index contributed by atoms with van der Waals surface area (Å²) in [7, 11) is 0. The van der Waals surface area contributed by atoms with Crippen LogP contribution in [-0.4, -0.2) is 24.1 Å². The summed E-state index contributed by atoms with van der Waals surface area (Å²) in [6.07, 6.45) is 1.02. The van der Waals surface area contributed by atoms with Gasteiger partial charge < -0.3 is 19.8 Å². The van der Waals surface area contributed by atoms with Crippen molar-refractivity contribution < 1.29 is 9.15 Å². The van der Waals surface area contributed by atoms with E-state index in [1.165, 1.54) is 11.1 Å². The van der Waals surface area contributed by atoms with Crippen molar-refractivity contribution in [3.63, 3.8) is 0 Å². The number of ether oxygens (including phenoxy) is 1. The molecule has 1 aromatic carbocycles. The van der Waals surface area contributed by atoms with E-state index in [1.54, 1.807) is 0 Å². The van der Waals surface area contributed by atoms with Crippen LogP contribution in [0.1, 0.15) is 48.7 Å². The number of nitrogens with zero attached hydrogens (tertiary/aromatic N) is 2. The van der Waals surface area contributed by atoms with Gasteiger partial charge in [-0.1, -0.05) is 31.2 Å². The van der Waals surface area contributed by atoms with Gasteiger partial charge in [0.05, 0.1) is 25.4 Å². The minimum atomic E-state index is 0.502. The highest BCUT2D eigenvalue weighted by atomic mass is 16.5. The van der Waals surface area contributed by atoms with Crippen molar-refractivity contribution in [2.24, 2.45) is 4.99 Å². The predicted octanol–water partition coefficient (Wildman–Crippen LogP) is 3.47. The van der Waals surface area contributed by atoms with E-state index in [2.05, 4.69) is 39.7 Å². The van der Waals surface area contributed by atoms with Crippen LogP contribution in [0.4, 0.5) is 0 Å². The summed E-state index contributed by atoms with van der Waals surface area (Å²) in [5.74, 6) is 2.26. The molecule has 2 N–H and O–H groups in total. The molecule has 142 valence electrons. The number of aryl methyl sites for hydroxylation is 2. The molecule has 0 amide bonds. The van der Waals surface area contributed by atoms with E-state index in [9.17, 15) is 0 Å². The lowest BCUT2D eigenvalue weighted by atomic mass is 10.1. The van der Waals surface area contributed by atoms with Crippen LogP contribution in [-0.2, 0) is 24.4 Å². The number of hydrogen-bond acceptors (Lipinski definition) is 4. The van der Waals surface area contributed by atoms with Crippen LogP contribution in [0, 0.1) is 13.8 Å². The molecule has 2 aromatic rings. The zero-order valence-corrected chi connectivity index (χ0v) is 16.3. The fraction of sp³-hybridized carbons (Fsp3) is 0.500. The van der Waals surface area contributed by atoms with Gasteiger partial charge in [-0.2, -0.15) is 0 Å². The van der Waals surface area contributed by atoms with Gasteiger partial charge in [0.25, 0.3) is 0 Å². The van der Waals surface area contributed by atoms with Gasteiger partial charge in [-0.15, -0.1) is 0 Å². The maximum absolute atomic E-state index is 5.68. The fourth-order valence-electron chi connectivity index (χ4n) is 2.46. The molecule has 0 saturated heterocycles. The third kappa shape index (κ3) is 6.19. The lowest BCUT2D eigenvalue weighted by molar-refractivity contribution is 0.121. The summed E-state index contributed by atoms with van der Waals surface area (Å²) < 4.78 is 11.3. The molecule has 1 aromatic heterocycles. The highest BCUT2D eigenvalue weighted by Crippen LogP contribution is 2.12. The second kappa shape index (κ2) is 10.6. The predicted molar refractivity (Wildman–Crippen MR) is 104 cm³/mol. The quantitative estimate of drug-likeness (QED) is 0.408. The van der Waals surface area contributed by atoms with Crippen molar-refractivity contribution in [3.05, 3.63) is 52.7 Å². The number of oxazole rings is 1. The second-order valence-corrected chi connectivity index (χ2v) is 6.12. The zero-order chi connectivity index (χ0) is 18.8. The Balaban J connectivity index is 1.99. The first kappa shape index (κ1) is 20.0. The Hall–Kier alpha value is -2.34. The van der Waals surface area contributed by atoms with Crippen molar-refractivity contribution in [2.75, 3.05) is 13.2 Å². The van der Waals surface area contributed by atoms with Gasteiger partial charge >= 0.3 is 0 Å². The molecule has 0 saturated carbocycles. The topological polar surface area (TPSA) is 71.7 Å². The van der Waals surface area contributed by atoms with Crippen molar-refractivity contribution in [3.8, 4) is 0 Å². The number of benzene rings is 1. The molecule has 6 heteroatoms. The summed E-state index contributed by atoms with van der Waals surface area (Å²) in [6.45, 7) is 11.3. The zero-order valence-electron chi connectivity index (χ0n) is 16.3. The van der Waals surface area contributed by atoms with E-state index in [1.807, 2.05) is 32.9 Å². The molecule has 0 bridgehead atoms. The Labute approximate surface area is 156 Å². The summed E-state index contributed by atoms with van der Waals surface area (Å²) in [5, 5.41) is 6.53. The molecule has 0 fully saturated rings. The third-order valence-electron chi connectivity index (χ3n) is 3.96. The number of aromatic nitrogens is 1. The monoisotopic (exact) mass is 358 g/mol. The van der Waals surface area contributed by atoms with E-state index < -0.39 is 0 Å². The van der Waals surface area contributed by atoms with Crippen LogP contribution in [0.15, 0.2) is 33.7 Å². The van der Waals surface area contributed by atoms with Crippen LogP contribution in [0.3, 0.4) is 0 Å². The van der Waals surface area contributed by atoms with Crippen LogP contribution < -0.4 is 10.6 Å². The third-order valence-corrected chi connectivity index (χ3v) is 3.96. The Kier molecular flexibility index (Phi) is 8.15. The smallest absolute Gasteiger partial charge is 0.214 e. The van der Waals surface area contributed by atoms with Crippen LogP contribution in [0.2, 0.25) is 0 Å². The Morgan fingerprint density at radius 2 is 1.92 bits per heavy atom. The van der Waals surface area contributed by atoms with E-state index in [4.69, 9.17) is 9.15 Å². The molecular formula is C20H30N4O2. The minimum absolute atomic E-state index is 0.502. The van der Waals surface area contributed by atoms with Crippen LogP contribution in [0.5, 0.6) is 0 Å². The van der Waals surface area contributed by atoms with Crippen LogP contribution >= 0.6 is 0 Å². The molecule has 2 rings (SSSR count). The molecule has 0 unspecified atom stereocenters. The van der Waals surface area contributed by atoms with Gasteiger partial charge in [-0.05, 0) is 38.3 Å². The number of nitrogens with one attached hydrogen (secondary N) is 2. The van der Waals surface area contributed by atoms with Gasteiger partial charge in [0.15, 0.2) is 5.96 Å². The number of rotatable bonds is 9. The lowest BCUT2D eigenvalue weighted by Crippen LogP contribution is -2.36. The second-order valence-electron chi connectivity index (χ2n) is 6.12. The van der Waals surface area contributed by atoms with Crippen molar-refractivity contribution >= 4 is 5.96 Å². The highest BCUT2D eigenvalue weighted by molar-refractivity contribution is 5.79. The molecular weight excluding hydrogens is 328 g/mol. The Morgan fingerprint density at radius 1 is 1.15 bits per heavy atom. The number of aliphatic imine (C=N–C) groups is 1. The minimum Gasteiger partial charge on any atom is -0.444 e. The Morgan fingerprint density at radius 3 is 2.58 bits per heavy atom. The lowest BCUT2D eigenvalue weighted by Gasteiger charge is -2.11. The SMILES string of the molecule is CCCOCc1ccccc1CN=C(NCC)NCc1nc(C)c(C)o1. The van der Waals surface area contributed by atoms with E-state index in [0.717, 1.165) is 37.0 Å². The summed E-state index contributed by atoms with van der Waals surface area (Å²) in [4.78, 5) is 9.07. The molecule has 0 radical (unpaired) electrons. The number of guanidine groups is 1. The standard InChI is InChI=1S/C20H30N4O2/c1-5-11-25-14-18-10-8-7-9-17(18)12-22-20(21-6-2)23-13-19-24-15(3)16(4)26-19/h7-10H,5-6,11-14H2,1-4H3,(H2,21,22,23). The molecule has 0 aliphatic carbocycles. The molecule has 0 atom stereocenters. The van der Waals surface area contributed by atoms with Gasteiger partial charge in [-0.25, -0.2) is 9.98 Å². The highest BCUT2D eigenvalue weighted by Gasteiger charge is 2.07. The average Bonchev–Trinajstić information content (AvgIpc) is 2.96.